The summed E-state index contributed by atoms with van der Waals surface area (Å²) in [7, 11) is 0. The SMILES string of the molecule is Cc1n[nH]c(C)c1CCC(=O)N1CC[C@](O)(CN2CCOCC2)C1. The van der Waals surface area contributed by atoms with Gasteiger partial charge in [-0.1, -0.05) is 0 Å². The third-order valence-corrected chi connectivity index (χ3v) is 5.18. The molecule has 3 heterocycles. The highest BCUT2D eigenvalue weighted by Gasteiger charge is 2.39. The van der Waals surface area contributed by atoms with Gasteiger partial charge in [0.25, 0.3) is 0 Å². The Morgan fingerprint density at radius 1 is 1.33 bits per heavy atom. The van der Waals surface area contributed by atoms with Crippen LogP contribution in [0.2, 0.25) is 0 Å². The van der Waals surface area contributed by atoms with E-state index in [1.54, 1.807) is 0 Å². The summed E-state index contributed by atoms with van der Waals surface area (Å²) in [6, 6.07) is 0. The first kappa shape index (κ1) is 17.4. The first-order valence-corrected chi connectivity index (χ1v) is 8.77. The molecule has 7 nitrogen and oxygen atoms in total. The summed E-state index contributed by atoms with van der Waals surface area (Å²) >= 11 is 0. The lowest BCUT2D eigenvalue weighted by molar-refractivity contribution is -0.131. The lowest BCUT2D eigenvalue weighted by Crippen LogP contribution is -2.49. The van der Waals surface area contributed by atoms with Gasteiger partial charge in [0.05, 0.1) is 31.1 Å². The summed E-state index contributed by atoms with van der Waals surface area (Å²) < 4.78 is 5.35. The van der Waals surface area contributed by atoms with Crippen LogP contribution in [-0.2, 0) is 16.0 Å². The van der Waals surface area contributed by atoms with Crippen molar-refractivity contribution < 1.29 is 14.6 Å². The molecule has 0 radical (unpaired) electrons. The molecule has 0 spiro atoms. The molecule has 1 atom stereocenters. The smallest absolute Gasteiger partial charge is 0.223 e. The number of aromatic nitrogens is 2. The van der Waals surface area contributed by atoms with Crippen LogP contribution < -0.4 is 0 Å². The fourth-order valence-corrected chi connectivity index (χ4v) is 3.71. The number of nitrogens with zero attached hydrogens (tertiary/aromatic N) is 3. The van der Waals surface area contributed by atoms with E-state index in [2.05, 4.69) is 15.1 Å². The highest BCUT2D eigenvalue weighted by atomic mass is 16.5. The van der Waals surface area contributed by atoms with Crippen molar-refractivity contribution in [2.45, 2.75) is 38.7 Å². The third-order valence-electron chi connectivity index (χ3n) is 5.18. The number of carbonyl (C=O) groups is 1. The second-order valence-electron chi connectivity index (χ2n) is 7.09. The van der Waals surface area contributed by atoms with Crippen LogP contribution in [0.1, 0.15) is 29.8 Å². The molecule has 1 amide bonds. The molecule has 2 saturated heterocycles. The van der Waals surface area contributed by atoms with E-state index < -0.39 is 5.60 Å². The van der Waals surface area contributed by atoms with Gasteiger partial charge >= 0.3 is 0 Å². The van der Waals surface area contributed by atoms with Crippen LogP contribution in [-0.4, -0.2) is 82.5 Å². The maximum Gasteiger partial charge on any atom is 0.223 e. The maximum atomic E-state index is 12.5. The molecule has 0 unspecified atom stereocenters. The fraction of sp³-hybridized carbons (Fsp3) is 0.765. The molecule has 1 aromatic heterocycles. The number of amides is 1. The minimum Gasteiger partial charge on any atom is -0.387 e. The summed E-state index contributed by atoms with van der Waals surface area (Å²) in [6.07, 6.45) is 1.82. The lowest BCUT2D eigenvalue weighted by atomic mass is 10.0. The Labute approximate surface area is 143 Å². The van der Waals surface area contributed by atoms with Crippen LogP contribution in [0.5, 0.6) is 0 Å². The number of aliphatic hydroxyl groups is 1. The van der Waals surface area contributed by atoms with Gasteiger partial charge in [-0.3, -0.25) is 14.8 Å². The molecule has 2 aliphatic rings. The van der Waals surface area contributed by atoms with Crippen molar-refractivity contribution in [1.29, 1.82) is 0 Å². The van der Waals surface area contributed by atoms with E-state index in [4.69, 9.17) is 4.74 Å². The molecule has 0 saturated carbocycles. The first-order chi connectivity index (χ1) is 11.5. The fourth-order valence-electron chi connectivity index (χ4n) is 3.71. The Balaban J connectivity index is 1.50. The van der Waals surface area contributed by atoms with Gasteiger partial charge in [0, 0.05) is 38.3 Å². The zero-order valence-electron chi connectivity index (χ0n) is 14.7. The molecule has 134 valence electrons. The van der Waals surface area contributed by atoms with Crippen molar-refractivity contribution in [3.8, 4) is 0 Å². The first-order valence-electron chi connectivity index (χ1n) is 8.77. The van der Waals surface area contributed by atoms with Gasteiger partial charge in [-0.2, -0.15) is 5.10 Å². The molecule has 2 aliphatic heterocycles. The molecular weight excluding hydrogens is 308 g/mol. The van der Waals surface area contributed by atoms with Crippen LogP contribution in [0.15, 0.2) is 0 Å². The van der Waals surface area contributed by atoms with Gasteiger partial charge < -0.3 is 14.7 Å². The van der Waals surface area contributed by atoms with Crippen molar-refractivity contribution in [3.05, 3.63) is 17.0 Å². The predicted octanol–water partition coefficient (Wildman–Crippen LogP) is 0.255. The number of hydrogen-bond acceptors (Lipinski definition) is 5. The van der Waals surface area contributed by atoms with Gasteiger partial charge in [-0.05, 0) is 32.3 Å². The summed E-state index contributed by atoms with van der Waals surface area (Å²) in [5, 5.41) is 17.9. The highest BCUT2D eigenvalue weighted by Crippen LogP contribution is 2.24. The van der Waals surface area contributed by atoms with Crippen molar-refractivity contribution in [2.75, 3.05) is 45.9 Å². The quantitative estimate of drug-likeness (QED) is 0.806. The minimum atomic E-state index is -0.783. The van der Waals surface area contributed by atoms with E-state index in [9.17, 15) is 9.90 Å². The molecule has 0 aromatic carbocycles. The zero-order chi connectivity index (χ0) is 17.2. The van der Waals surface area contributed by atoms with Crippen molar-refractivity contribution in [1.82, 2.24) is 20.0 Å². The number of likely N-dealkylation sites (tertiary alicyclic amines) is 1. The highest BCUT2D eigenvalue weighted by molar-refractivity contribution is 5.77. The number of aromatic amines is 1. The third kappa shape index (κ3) is 3.96. The number of aryl methyl sites for hydroxylation is 2. The number of rotatable bonds is 5. The van der Waals surface area contributed by atoms with Gasteiger partial charge in [-0.15, -0.1) is 0 Å². The topological polar surface area (TPSA) is 81.7 Å². The van der Waals surface area contributed by atoms with Crippen LogP contribution >= 0.6 is 0 Å². The summed E-state index contributed by atoms with van der Waals surface area (Å²) in [5.41, 5.74) is 2.34. The Morgan fingerprint density at radius 3 is 2.75 bits per heavy atom. The molecular formula is C17H28N4O3. The second kappa shape index (κ2) is 7.21. The average molecular weight is 336 g/mol. The molecule has 0 aliphatic carbocycles. The van der Waals surface area contributed by atoms with Gasteiger partial charge in [0.15, 0.2) is 0 Å². The number of hydrogen-bond donors (Lipinski definition) is 2. The minimum absolute atomic E-state index is 0.118. The van der Waals surface area contributed by atoms with E-state index in [1.165, 1.54) is 0 Å². The van der Waals surface area contributed by atoms with E-state index in [-0.39, 0.29) is 5.91 Å². The van der Waals surface area contributed by atoms with Gasteiger partial charge in [-0.25, -0.2) is 0 Å². The molecule has 2 N–H and O–H groups in total. The van der Waals surface area contributed by atoms with Crippen molar-refractivity contribution in [2.24, 2.45) is 0 Å². The lowest BCUT2D eigenvalue weighted by Gasteiger charge is -2.33. The maximum absolute atomic E-state index is 12.5. The van der Waals surface area contributed by atoms with Crippen LogP contribution in [0.25, 0.3) is 0 Å². The van der Waals surface area contributed by atoms with Crippen LogP contribution in [0, 0.1) is 13.8 Å². The molecule has 2 fully saturated rings. The molecule has 24 heavy (non-hydrogen) atoms. The zero-order valence-corrected chi connectivity index (χ0v) is 14.7. The second-order valence-corrected chi connectivity index (χ2v) is 7.09. The van der Waals surface area contributed by atoms with Crippen LogP contribution in [0.3, 0.4) is 0 Å². The molecule has 0 bridgehead atoms. The van der Waals surface area contributed by atoms with E-state index in [0.29, 0.717) is 38.9 Å². The monoisotopic (exact) mass is 336 g/mol. The Bertz CT molecular complexity index is 563. The molecule has 3 rings (SSSR count). The standard InChI is InChI=1S/C17H28N4O3/c1-13-15(14(2)19-18-13)3-4-16(22)21-6-5-17(23,12-21)11-20-7-9-24-10-8-20/h23H,3-12H2,1-2H3,(H,18,19)/t17-/m0/s1. The largest absolute Gasteiger partial charge is 0.387 e. The van der Waals surface area contributed by atoms with E-state index in [1.807, 2.05) is 18.7 Å². The average Bonchev–Trinajstić information content (AvgIpc) is 3.10. The summed E-state index contributed by atoms with van der Waals surface area (Å²) in [5.74, 6) is 0.118. The summed E-state index contributed by atoms with van der Waals surface area (Å²) in [6.45, 7) is 8.81. The van der Waals surface area contributed by atoms with Gasteiger partial charge in [0.1, 0.15) is 0 Å². The number of morpholine rings is 1. The van der Waals surface area contributed by atoms with E-state index >= 15 is 0 Å². The number of β-amino-alcohol motifs (C(OH)–C–C–N with tert-alkyl or cyclic N) is 1. The van der Waals surface area contributed by atoms with E-state index in [0.717, 1.165) is 43.3 Å². The molecule has 7 heteroatoms. The number of ether oxygens (including phenoxy) is 1. The van der Waals surface area contributed by atoms with Crippen molar-refractivity contribution >= 4 is 5.91 Å². The predicted molar refractivity (Wildman–Crippen MR) is 89.8 cm³/mol. The number of H-pyrrole nitrogens is 1. The van der Waals surface area contributed by atoms with Crippen LogP contribution in [0.4, 0.5) is 0 Å². The Hall–Kier alpha value is -1.44. The van der Waals surface area contributed by atoms with Crippen molar-refractivity contribution in [3.63, 3.8) is 0 Å². The Morgan fingerprint density at radius 2 is 2.08 bits per heavy atom. The van der Waals surface area contributed by atoms with Gasteiger partial charge in [0.2, 0.25) is 5.91 Å². The Kier molecular flexibility index (Phi) is 5.22. The number of carbonyl (C=O) groups excluding carboxylic acids is 1. The number of nitrogens with one attached hydrogen (secondary N) is 1. The summed E-state index contributed by atoms with van der Waals surface area (Å²) in [4.78, 5) is 16.5. The normalized spacial score (nSPS) is 25.4. The molecule has 1 aromatic rings.